The first-order chi connectivity index (χ1) is 8.22. The summed E-state index contributed by atoms with van der Waals surface area (Å²) in [4.78, 5) is 10.4. The van der Waals surface area contributed by atoms with Crippen LogP contribution < -0.4 is 4.90 Å². The van der Waals surface area contributed by atoms with Crippen molar-refractivity contribution in [3.05, 3.63) is 39.4 Å². The van der Waals surface area contributed by atoms with Crippen LogP contribution in [0.25, 0.3) is 0 Å². The molecule has 2 aromatic rings. The Morgan fingerprint density at radius 2 is 2.24 bits per heavy atom. The Labute approximate surface area is 110 Å². The van der Waals surface area contributed by atoms with Crippen molar-refractivity contribution in [2.75, 3.05) is 11.9 Å². The second-order valence-corrected chi connectivity index (χ2v) is 4.95. The fraction of sp³-hybridized carbons (Fsp3) is 0.333. The van der Waals surface area contributed by atoms with Crippen molar-refractivity contribution in [2.24, 2.45) is 0 Å². The minimum Gasteiger partial charge on any atom is -0.355 e. The van der Waals surface area contributed by atoms with Crippen molar-refractivity contribution in [1.82, 2.24) is 9.97 Å². The van der Waals surface area contributed by atoms with E-state index in [1.165, 1.54) is 11.9 Å². The Morgan fingerprint density at radius 3 is 2.88 bits per heavy atom. The highest BCUT2D eigenvalue weighted by atomic mass is 35.5. The lowest BCUT2D eigenvalue weighted by molar-refractivity contribution is 0.873. The van der Waals surface area contributed by atoms with Gasteiger partial charge >= 0.3 is 0 Å². The lowest BCUT2D eigenvalue weighted by Crippen LogP contribution is -2.19. The number of halogens is 1. The van der Waals surface area contributed by atoms with Gasteiger partial charge in [0.25, 0.3) is 0 Å². The Hall–Kier alpha value is -1.13. The van der Waals surface area contributed by atoms with Gasteiger partial charge in [-0.15, -0.1) is 0 Å². The van der Waals surface area contributed by atoms with Crippen LogP contribution in [0.5, 0.6) is 0 Å². The highest BCUT2D eigenvalue weighted by molar-refractivity contribution is 7.07. The highest BCUT2D eigenvalue weighted by Gasteiger charge is 2.12. The van der Waals surface area contributed by atoms with Crippen molar-refractivity contribution >= 4 is 28.8 Å². The van der Waals surface area contributed by atoms with Crippen LogP contribution in [-0.2, 0) is 13.0 Å². The monoisotopic (exact) mass is 267 g/mol. The van der Waals surface area contributed by atoms with Crippen molar-refractivity contribution in [3.63, 3.8) is 0 Å². The molecule has 17 heavy (non-hydrogen) atoms. The minimum absolute atomic E-state index is 0.551. The molecule has 0 spiro atoms. The number of nitrogens with zero attached hydrogens (tertiary/aromatic N) is 3. The third kappa shape index (κ3) is 2.76. The zero-order valence-corrected chi connectivity index (χ0v) is 11.4. The van der Waals surface area contributed by atoms with Crippen LogP contribution in [-0.4, -0.2) is 17.0 Å². The molecule has 0 saturated heterocycles. The lowest BCUT2D eigenvalue weighted by Gasteiger charge is -2.20. The minimum atomic E-state index is 0.551. The molecule has 0 aliphatic carbocycles. The van der Waals surface area contributed by atoms with Gasteiger partial charge in [0.1, 0.15) is 17.3 Å². The van der Waals surface area contributed by atoms with Gasteiger partial charge in [-0.1, -0.05) is 18.5 Å². The lowest BCUT2D eigenvalue weighted by atomic mass is 10.2. The van der Waals surface area contributed by atoms with Crippen LogP contribution in [0.1, 0.15) is 18.1 Å². The van der Waals surface area contributed by atoms with Gasteiger partial charge < -0.3 is 4.90 Å². The molecular formula is C12H14ClN3S. The Balaban J connectivity index is 2.24. The second-order valence-electron chi connectivity index (χ2n) is 3.81. The quantitative estimate of drug-likeness (QED) is 0.795. The zero-order valence-electron chi connectivity index (χ0n) is 9.85. The van der Waals surface area contributed by atoms with Crippen molar-refractivity contribution in [3.8, 4) is 0 Å². The molecule has 2 heterocycles. The first-order valence-electron chi connectivity index (χ1n) is 5.44. The molecule has 0 amide bonds. The molecule has 0 radical (unpaired) electrons. The summed E-state index contributed by atoms with van der Waals surface area (Å²) in [5.74, 6) is 0.915. The molecular weight excluding hydrogens is 254 g/mol. The van der Waals surface area contributed by atoms with Gasteiger partial charge in [0.05, 0.1) is 0 Å². The van der Waals surface area contributed by atoms with Gasteiger partial charge in [-0.25, -0.2) is 9.97 Å². The largest absolute Gasteiger partial charge is 0.355 e. The molecule has 5 heteroatoms. The maximum atomic E-state index is 6.08. The number of hydrogen-bond donors (Lipinski definition) is 0. The summed E-state index contributed by atoms with van der Waals surface area (Å²) in [6, 6.07) is 2.12. The number of hydrogen-bond acceptors (Lipinski definition) is 4. The van der Waals surface area contributed by atoms with E-state index in [-0.39, 0.29) is 0 Å². The molecule has 0 N–H and O–H groups in total. The van der Waals surface area contributed by atoms with E-state index < -0.39 is 0 Å². The third-order valence-electron chi connectivity index (χ3n) is 2.59. The third-order valence-corrected chi connectivity index (χ3v) is 3.64. The van der Waals surface area contributed by atoms with E-state index in [0.29, 0.717) is 5.15 Å². The van der Waals surface area contributed by atoms with E-state index in [1.807, 2.05) is 7.05 Å². The summed E-state index contributed by atoms with van der Waals surface area (Å²) in [5, 5.41) is 4.77. The fourth-order valence-electron chi connectivity index (χ4n) is 1.75. The molecule has 0 aromatic carbocycles. The summed E-state index contributed by atoms with van der Waals surface area (Å²) in [5.41, 5.74) is 2.29. The average Bonchev–Trinajstić information content (AvgIpc) is 2.81. The molecule has 0 unspecified atom stereocenters. The molecule has 0 aliphatic rings. The molecule has 2 rings (SSSR count). The Morgan fingerprint density at radius 1 is 1.41 bits per heavy atom. The van der Waals surface area contributed by atoms with E-state index in [4.69, 9.17) is 11.6 Å². The van der Waals surface area contributed by atoms with Gasteiger partial charge in [-0.05, 0) is 28.8 Å². The van der Waals surface area contributed by atoms with Crippen LogP contribution >= 0.6 is 22.9 Å². The Kier molecular flexibility index (Phi) is 3.97. The SMILES string of the molecule is CCc1c(Cl)ncnc1N(C)Cc1ccsc1. The van der Waals surface area contributed by atoms with Crippen molar-refractivity contribution in [1.29, 1.82) is 0 Å². The van der Waals surface area contributed by atoms with Crippen LogP contribution in [0.3, 0.4) is 0 Å². The first kappa shape index (κ1) is 12.3. The van der Waals surface area contributed by atoms with Crippen LogP contribution in [0, 0.1) is 0 Å². The normalized spacial score (nSPS) is 10.5. The van der Waals surface area contributed by atoms with Crippen molar-refractivity contribution in [2.45, 2.75) is 19.9 Å². The summed E-state index contributed by atoms with van der Waals surface area (Å²) < 4.78 is 0. The standard InChI is InChI=1S/C12H14ClN3S/c1-3-10-11(13)14-8-15-12(10)16(2)6-9-4-5-17-7-9/h4-5,7-8H,3,6H2,1-2H3. The molecule has 2 aromatic heterocycles. The number of aromatic nitrogens is 2. The predicted molar refractivity (Wildman–Crippen MR) is 72.8 cm³/mol. The molecule has 3 nitrogen and oxygen atoms in total. The van der Waals surface area contributed by atoms with E-state index in [1.54, 1.807) is 11.3 Å². The smallest absolute Gasteiger partial charge is 0.137 e. The number of thiophene rings is 1. The van der Waals surface area contributed by atoms with Gasteiger partial charge in [0, 0.05) is 19.2 Å². The zero-order chi connectivity index (χ0) is 12.3. The first-order valence-corrected chi connectivity index (χ1v) is 6.76. The molecule has 0 bridgehead atoms. The molecule has 0 atom stereocenters. The second kappa shape index (κ2) is 5.47. The molecule has 0 aliphatic heterocycles. The van der Waals surface area contributed by atoms with Gasteiger partial charge in [-0.3, -0.25) is 0 Å². The Bertz CT molecular complexity index is 485. The number of rotatable bonds is 4. The van der Waals surface area contributed by atoms with E-state index in [2.05, 4.69) is 38.6 Å². The molecule has 90 valence electrons. The summed E-state index contributed by atoms with van der Waals surface area (Å²) in [6.45, 7) is 2.90. The summed E-state index contributed by atoms with van der Waals surface area (Å²) in [6.07, 6.45) is 2.35. The number of anilines is 1. The maximum absolute atomic E-state index is 6.08. The average molecular weight is 268 g/mol. The van der Waals surface area contributed by atoms with Crippen LogP contribution in [0.4, 0.5) is 5.82 Å². The fourth-order valence-corrected chi connectivity index (χ4v) is 2.67. The van der Waals surface area contributed by atoms with E-state index in [9.17, 15) is 0 Å². The van der Waals surface area contributed by atoms with E-state index >= 15 is 0 Å². The predicted octanol–water partition coefficient (Wildman–Crippen LogP) is 3.39. The maximum Gasteiger partial charge on any atom is 0.137 e. The van der Waals surface area contributed by atoms with E-state index in [0.717, 1.165) is 24.3 Å². The van der Waals surface area contributed by atoms with Gasteiger partial charge in [-0.2, -0.15) is 11.3 Å². The molecule has 0 saturated carbocycles. The van der Waals surface area contributed by atoms with Gasteiger partial charge in [0.15, 0.2) is 0 Å². The van der Waals surface area contributed by atoms with Crippen LogP contribution in [0.15, 0.2) is 23.2 Å². The summed E-state index contributed by atoms with van der Waals surface area (Å²) >= 11 is 7.78. The van der Waals surface area contributed by atoms with Gasteiger partial charge in [0.2, 0.25) is 0 Å². The summed E-state index contributed by atoms with van der Waals surface area (Å²) in [7, 11) is 2.02. The molecule has 0 fully saturated rings. The highest BCUT2D eigenvalue weighted by Crippen LogP contribution is 2.24. The topological polar surface area (TPSA) is 29.0 Å². The van der Waals surface area contributed by atoms with Crippen LogP contribution in [0.2, 0.25) is 5.15 Å². The van der Waals surface area contributed by atoms with Crippen molar-refractivity contribution < 1.29 is 0 Å².